The number of ether oxygens (including phenoxy) is 1. The normalized spacial score (nSPS) is 17.1. The van der Waals surface area contributed by atoms with Crippen LogP contribution in [0.5, 0.6) is 0 Å². The first kappa shape index (κ1) is 19.9. The predicted molar refractivity (Wildman–Crippen MR) is 98.3 cm³/mol. The Kier molecular flexibility index (Phi) is 7.63. The standard InChI is InChI=1S/C20H28N2O4/c1-15(2)10-13-26-19(24)14-17-20(25)21-11-12-22(17)18(23)9-8-16-6-4-3-5-7-16/h3-7,15,17H,8-14H2,1-2H3,(H,21,25). The molecule has 2 amide bonds. The molecule has 26 heavy (non-hydrogen) atoms. The van der Waals surface area contributed by atoms with Gasteiger partial charge in [-0.15, -0.1) is 0 Å². The van der Waals surface area contributed by atoms with Crippen LogP contribution in [0.4, 0.5) is 0 Å². The number of benzene rings is 1. The van der Waals surface area contributed by atoms with Gasteiger partial charge in [0.2, 0.25) is 11.8 Å². The lowest BCUT2D eigenvalue weighted by atomic mass is 10.1. The quantitative estimate of drug-likeness (QED) is 0.719. The van der Waals surface area contributed by atoms with Crippen molar-refractivity contribution in [2.24, 2.45) is 5.92 Å². The number of amides is 2. The van der Waals surface area contributed by atoms with Crippen molar-refractivity contribution >= 4 is 17.8 Å². The van der Waals surface area contributed by atoms with Gasteiger partial charge in [0, 0.05) is 19.5 Å². The van der Waals surface area contributed by atoms with Crippen LogP contribution in [0.15, 0.2) is 30.3 Å². The lowest BCUT2D eigenvalue weighted by molar-refractivity contribution is -0.152. The first-order valence-corrected chi connectivity index (χ1v) is 9.24. The highest BCUT2D eigenvalue weighted by atomic mass is 16.5. The van der Waals surface area contributed by atoms with Gasteiger partial charge >= 0.3 is 5.97 Å². The Bertz CT molecular complexity index is 615. The summed E-state index contributed by atoms with van der Waals surface area (Å²) in [5.41, 5.74) is 1.08. The van der Waals surface area contributed by atoms with Crippen LogP contribution in [0.2, 0.25) is 0 Å². The molecule has 1 N–H and O–H groups in total. The molecule has 0 radical (unpaired) electrons. The van der Waals surface area contributed by atoms with Gasteiger partial charge in [0.05, 0.1) is 13.0 Å². The van der Waals surface area contributed by atoms with Gasteiger partial charge in [-0.25, -0.2) is 0 Å². The zero-order valence-corrected chi connectivity index (χ0v) is 15.6. The van der Waals surface area contributed by atoms with E-state index in [4.69, 9.17) is 4.74 Å². The van der Waals surface area contributed by atoms with Crippen LogP contribution >= 0.6 is 0 Å². The van der Waals surface area contributed by atoms with Gasteiger partial charge < -0.3 is 15.0 Å². The first-order valence-electron chi connectivity index (χ1n) is 9.24. The molecule has 1 aromatic carbocycles. The molecule has 1 unspecified atom stereocenters. The molecule has 6 nitrogen and oxygen atoms in total. The van der Waals surface area contributed by atoms with Crippen molar-refractivity contribution in [1.29, 1.82) is 0 Å². The number of carbonyl (C=O) groups excluding carboxylic acids is 3. The Morgan fingerprint density at radius 2 is 2.00 bits per heavy atom. The number of hydrogen-bond acceptors (Lipinski definition) is 4. The second-order valence-corrected chi connectivity index (χ2v) is 6.99. The van der Waals surface area contributed by atoms with E-state index >= 15 is 0 Å². The molecule has 0 bridgehead atoms. The van der Waals surface area contributed by atoms with Gasteiger partial charge in [0.1, 0.15) is 6.04 Å². The Hall–Kier alpha value is -2.37. The minimum atomic E-state index is -0.779. The smallest absolute Gasteiger partial charge is 0.308 e. The Balaban J connectivity index is 1.90. The molecule has 1 aliphatic heterocycles. The number of carbonyl (C=O) groups is 3. The van der Waals surface area contributed by atoms with Crippen LogP contribution in [-0.4, -0.2) is 48.4 Å². The van der Waals surface area contributed by atoms with E-state index in [0.29, 0.717) is 38.5 Å². The Labute approximate surface area is 154 Å². The molecule has 0 spiro atoms. The molecule has 2 rings (SSSR count). The van der Waals surface area contributed by atoms with Gasteiger partial charge in [0.15, 0.2) is 0 Å². The summed E-state index contributed by atoms with van der Waals surface area (Å²) in [6, 6.07) is 8.97. The van der Waals surface area contributed by atoms with Crippen LogP contribution in [0.25, 0.3) is 0 Å². The van der Waals surface area contributed by atoms with E-state index in [0.717, 1.165) is 12.0 Å². The zero-order chi connectivity index (χ0) is 18.9. The molecular formula is C20H28N2O4. The molecule has 1 atom stereocenters. The average molecular weight is 360 g/mol. The van der Waals surface area contributed by atoms with Gasteiger partial charge in [0.25, 0.3) is 0 Å². The van der Waals surface area contributed by atoms with Crippen LogP contribution in [-0.2, 0) is 25.5 Å². The van der Waals surface area contributed by atoms with Crippen molar-refractivity contribution in [2.45, 2.75) is 45.6 Å². The summed E-state index contributed by atoms with van der Waals surface area (Å²) in [6.45, 7) is 5.27. The molecule has 1 fully saturated rings. The van der Waals surface area contributed by atoms with Crippen molar-refractivity contribution in [2.75, 3.05) is 19.7 Å². The summed E-state index contributed by atoms with van der Waals surface area (Å²) in [4.78, 5) is 38.4. The predicted octanol–water partition coefficient (Wildman–Crippen LogP) is 1.93. The maximum absolute atomic E-state index is 12.6. The number of nitrogens with zero attached hydrogens (tertiary/aromatic N) is 1. The first-order chi connectivity index (χ1) is 12.5. The lowest BCUT2D eigenvalue weighted by Crippen LogP contribution is -2.57. The van der Waals surface area contributed by atoms with Crippen LogP contribution < -0.4 is 5.32 Å². The van der Waals surface area contributed by atoms with Gasteiger partial charge in [-0.05, 0) is 24.3 Å². The van der Waals surface area contributed by atoms with E-state index in [2.05, 4.69) is 19.2 Å². The highest BCUT2D eigenvalue weighted by Crippen LogP contribution is 2.14. The van der Waals surface area contributed by atoms with Crippen LogP contribution in [0.3, 0.4) is 0 Å². The highest BCUT2D eigenvalue weighted by Gasteiger charge is 2.34. The fraction of sp³-hybridized carbons (Fsp3) is 0.550. The average Bonchev–Trinajstić information content (AvgIpc) is 2.62. The molecule has 0 saturated carbocycles. The van der Waals surface area contributed by atoms with E-state index < -0.39 is 12.0 Å². The summed E-state index contributed by atoms with van der Waals surface area (Å²) < 4.78 is 5.20. The van der Waals surface area contributed by atoms with Crippen molar-refractivity contribution in [3.05, 3.63) is 35.9 Å². The zero-order valence-electron chi connectivity index (χ0n) is 15.6. The number of piperazine rings is 1. The minimum absolute atomic E-state index is 0.0962. The minimum Gasteiger partial charge on any atom is -0.466 e. The molecule has 1 aromatic rings. The number of nitrogens with one attached hydrogen (secondary N) is 1. The van der Waals surface area contributed by atoms with E-state index in [1.807, 2.05) is 30.3 Å². The molecule has 1 saturated heterocycles. The summed E-state index contributed by atoms with van der Waals surface area (Å²) in [5.74, 6) is -0.390. The number of rotatable bonds is 8. The molecule has 6 heteroatoms. The van der Waals surface area contributed by atoms with Crippen molar-refractivity contribution in [1.82, 2.24) is 10.2 Å². The van der Waals surface area contributed by atoms with Gasteiger partial charge in [-0.3, -0.25) is 14.4 Å². The SMILES string of the molecule is CC(C)CCOC(=O)CC1C(=O)NCCN1C(=O)CCc1ccccc1. The van der Waals surface area contributed by atoms with Crippen molar-refractivity contribution in [3.8, 4) is 0 Å². The van der Waals surface area contributed by atoms with Crippen molar-refractivity contribution in [3.63, 3.8) is 0 Å². The summed E-state index contributed by atoms with van der Waals surface area (Å²) in [5, 5.41) is 2.73. The summed E-state index contributed by atoms with van der Waals surface area (Å²) in [7, 11) is 0. The highest BCUT2D eigenvalue weighted by molar-refractivity contribution is 5.92. The lowest BCUT2D eigenvalue weighted by Gasteiger charge is -2.34. The van der Waals surface area contributed by atoms with Crippen LogP contribution in [0, 0.1) is 5.92 Å². The molecular weight excluding hydrogens is 332 g/mol. The second kappa shape index (κ2) is 9.94. The maximum atomic E-state index is 12.6. The fourth-order valence-corrected chi connectivity index (χ4v) is 2.88. The number of aryl methyl sites for hydroxylation is 1. The second-order valence-electron chi connectivity index (χ2n) is 6.99. The third-order valence-corrected chi connectivity index (χ3v) is 4.44. The third-order valence-electron chi connectivity index (χ3n) is 4.44. The van der Waals surface area contributed by atoms with E-state index in [9.17, 15) is 14.4 Å². The van der Waals surface area contributed by atoms with Crippen LogP contribution in [0.1, 0.15) is 38.7 Å². The fourth-order valence-electron chi connectivity index (χ4n) is 2.88. The van der Waals surface area contributed by atoms with Gasteiger partial charge in [-0.2, -0.15) is 0 Å². The topological polar surface area (TPSA) is 75.7 Å². The third kappa shape index (κ3) is 6.17. The van der Waals surface area contributed by atoms with E-state index in [1.54, 1.807) is 0 Å². The Morgan fingerprint density at radius 3 is 2.69 bits per heavy atom. The Morgan fingerprint density at radius 1 is 1.27 bits per heavy atom. The molecule has 1 heterocycles. The van der Waals surface area contributed by atoms with E-state index in [1.165, 1.54) is 4.90 Å². The summed E-state index contributed by atoms with van der Waals surface area (Å²) in [6.07, 6.45) is 1.61. The maximum Gasteiger partial charge on any atom is 0.308 e. The number of esters is 1. The largest absolute Gasteiger partial charge is 0.466 e. The van der Waals surface area contributed by atoms with Crippen molar-refractivity contribution < 1.29 is 19.1 Å². The molecule has 0 aliphatic carbocycles. The summed E-state index contributed by atoms with van der Waals surface area (Å²) >= 11 is 0. The molecule has 0 aromatic heterocycles. The monoisotopic (exact) mass is 360 g/mol. The van der Waals surface area contributed by atoms with Gasteiger partial charge in [-0.1, -0.05) is 44.2 Å². The molecule has 1 aliphatic rings. The molecule has 142 valence electrons. The number of hydrogen-bond donors (Lipinski definition) is 1. The van der Waals surface area contributed by atoms with E-state index in [-0.39, 0.29) is 18.2 Å².